The summed E-state index contributed by atoms with van der Waals surface area (Å²) in [5, 5.41) is 0. The Morgan fingerprint density at radius 1 is 0.929 bits per heavy atom. The highest BCUT2D eigenvalue weighted by Gasteiger charge is 2.69. The summed E-state index contributed by atoms with van der Waals surface area (Å²) >= 11 is 0. The molecular weight excluding hydrogens is 350 g/mol. The highest BCUT2D eigenvalue weighted by molar-refractivity contribution is 5.87. The Morgan fingerprint density at radius 3 is 2.07 bits per heavy atom. The molecule has 28 heavy (non-hydrogen) atoms. The molecule has 0 radical (unpaired) electrons. The van der Waals surface area contributed by atoms with Crippen LogP contribution >= 0.6 is 0 Å². The SMILES string of the molecule is CC(C)(C)OCCCCCCCC1C2CC1(C(=O)N1CC(OC(C)(C)C)C1)C2. The lowest BCUT2D eigenvalue weighted by atomic mass is 9.36. The molecule has 0 aromatic carbocycles. The van der Waals surface area contributed by atoms with E-state index in [1.165, 1.54) is 38.5 Å². The summed E-state index contributed by atoms with van der Waals surface area (Å²) < 4.78 is 11.8. The number of carbonyl (C=O) groups excluding carboxylic acids is 1. The second-order valence-corrected chi connectivity index (χ2v) is 11.5. The lowest BCUT2D eigenvalue weighted by molar-refractivity contribution is -0.223. The van der Waals surface area contributed by atoms with Crippen LogP contribution in [-0.2, 0) is 14.3 Å². The van der Waals surface area contributed by atoms with Gasteiger partial charge in [-0.1, -0.05) is 25.7 Å². The fourth-order valence-corrected chi connectivity index (χ4v) is 5.31. The Morgan fingerprint density at radius 2 is 1.54 bits per heavy atom. The lowest BCUT2D eigenvalue weighted by Crippen LogP contribution is -2.71. The number of rotatable bonds is 10. The number of amides is 1. The molecule has 3 saturated carbocycles. The van der Waals surface area contributed by atoms with Gasteiger partial charge in [-0.05, 0) is 79.1 Å². The molecule has 3 aliphatic carbocycles. The van der Waals surface area contributed by atoms with E-state index in [4.69, 9.17) is 9.47 Å². The molecule has 1 aliphatic heterocycles. The third-order valence-corrected chi connectivity index (χ3v) is 6.81. The van der Waals surface area contributed by atoms with Crippen molar-refractivity contribution < 1.29 is 14.3 Å². The minimum Gasteiger partial charge on any atom is -0.376 e. The van der Waals surface area contributed by atoms with Crippen molar-refractivity contribution in [3.63, 3.8) is 0 Å². The molecule has 1 unspecified atom stereocenters. The maximum atomic E-state index is 13.0. The van der Waals surface area contributed by atoms with E-state index in [0.29, 0.717) is 11.8 Å². The van der Waals surface area contributed by atoms with Crippen molar-refractivity contribution in [2.24, 2.45) is 17.3 Å². The summed E-state index contributed by atoms with van der Waals surface area (Å²) in [6.07, 6.45) is 10.1. The first-order chi connectivity index (χ1) is 13.0. The highest BCUT2D eigenvalue weighted by atomic mass is 16.5. The van der Waals surface area contributed by atoms with E-state index in [1.54, 1.807) is 0 Å². The quantitative estimate of drug-likeness (QED) is 0.479. The van der Waals surface area contributed by atoms with Gasteiger partial charge in [0.25, 0.3) is 0 Å². The molecule has 1 amide bonds. The minimum atomic E-state index is -0.114. The molecule has 0 spiro atoms. The van der Waals surface area contributed by atoms with Crippen LogP contribution in [-0.4, -0.2) is 47.8 Å². The highest BCUT2D eigenvalue weighted by Crippen LogP contribution is 2.71. The van der Waals surface area contributed by atoms with Crippen molar-refractivity contribution in [2.45, 2.75) is 110 Å². The molecule has 1 heterocycles. The normalized spacial score (nSPS) is 29.9. The molecule has 1 atom stereocenters. The molecule has 4 heteroatoms. The zero-order valence-corrected chi connectivity index (χ0v) is 19.2. The molecular formula is C24H43NO3. The zero-order valence-electron chi connectivity index (χ0n) is 19.2. The fourth-order valence-electron chi connectivity index (χ4n) is 5.31. The molecule has 0 aromatic heterocycles. The van der Waals surface area contributed by atoms with Crippen LogP contribution in [0.25, 0.3) is 0 Å². The van der Waals surface area contributed by atoms with Gasteiger partial charge in [0.05, 0.1) is 22.7 Å². The van der Waals surface area contributed by atoms with E-state index in [0.717, 1.165) is 38.5 Å². The van der Waals surface area contributed by atoms with Crippen molar-refractivity contribution in [1.82, 2.24) is 4.90 Å². The largest absolute Gasteiger partial charge is 0.376 e. The van der Waals surface area contributed by atoms with Gasteiger partial charge < -0.3 is 14.4 Å². The number of nitrogens with zero attached hydrogens (tertiary/aromatic N) is 1. The van der Waals surface area contributed by atoms with Crippen LogP contribution in [0.15, 0.2) is 0 Å². The molecule has 4 fully saturated rings. The molecule has 4 aliphatic rings. The van der Waals surface area contributed by atoms with Gasteiger partial charge in [-0.2, -0.15) is 0 Å². The first-order valence-corrected chi connectivity index (χ1v) is 11.6. The van der Waals surface area contributed by atoms with Crippen LogP contribution in [0.1, 0.15) is 92.9 Å². The van der Waals surface area contributed by atoms with Gasteiger partial charge in [-0.25, -0.2) is 0 Å². The number of carbonyl (C=O) groups is 1. The van der Waals surface area contributed by atoms with Crippen molar-refractivity contribution in [2.75, 3.05) is 19.7 Å². The van der Waals surface area contributed by atoms with Crippen molar-refractivity contribution in [3.05, 3.63) is 0 Å². The predicted octanol–water partition coefficient (Wildman–Crippen LogP) is 5.19. The van der Waals surface area contributed by atoms with Gasteiger partial charge >= 0.3 is 0 Å². The standard InChI is InChI=1S/C24H43NO3/c1-22(2,3)27-13-11-9-7-8-10-12-20-18-14-24(20,15-18)21(26)25-16-19(17-25)28-23(4,5)6/h18-20H,7-17H2,1-6H3. The van der Waals surface area contributed by atoms with E-state index in [-0.39, 0.29) is 22.7 Å². The average Bonchev–Trinajstić information content (AvgIpc) is 2.44. The molecule has 4 nitrogen and oxygen atoms in total. The number of hydrogen-bond donors (Lipinski definition) is 0. The maximum Gasteiger partial charge on any atom is 0.229 e. The van der Waals surface area contributed by atoms with Crippen molar-refractivity contribution in [1.29, 1.82) is 0 Å². The Bertz CT molecular complexity index is 533. The Labute approximate surface area is 172 Å². The first-order valence-electron chi connectivity index (χ1n) is 11.6. The Balaban J connectivity index is 1.28. The smallest absolute Gasteiger partial charge is 0.229 e. The van der Waals surface area contributed by atoms with Gasteiger partial charge in [-0.3, -0.25) is 4.79 Å². The topological polar surface area (TPSA) is 38.8 Å². The summed E-state index contributed by atoms with van der Waals surface area (Å²) in [6.45, 7) is 15.1. The van der Waals surface area contributed by atoms with E-state index in [1.807, 2.05) is 0 Å². The summed E-state index contributed by atoms with van der Waals surface area (Å²) in [5.74, 6) is 1.95. The number of unbranched alkanes of at least 4 members (excludes halogenated alkanes) is 4. The molecule has 162 valence electrons. The maximum absolute atomic E-state index is 13.0. The molecule has 4 rings (SSSR count). The minimum absolute atomic E-state index is 0.0124. The van der Waals surface area contributed by atoms with E-state index < -0.39 is 0 Å². The van der Waals surface area contributed by atoms with Gasteiger partial charge in [0, 0.05) is 19.7 Å². The van der Waals surface area contributed by atoms with E-state index in [2.05, 4.69) is 46.4 Å². The van der Waals surface area contributed by atoms with Crippen molar-refractivity contribution >= 4 is 5.91 Å². The summed E-state index contributed by atoms with van der Waals surface area (Å²) in [6, 6.07) is 0. The monoisotopic (exact) mass is 393 g/mol. The third-order valence-electron chi connectivity index (χ3n) is 6.81. The average molecular weight is 394 g/mol. The zero-order chi connectivity index (χ0) is 20.6. The van der Waals surface area contributed by atoms with Crippen LogP contribution in [0, 0.1) is 17.3 Å². The van der Waals surface area contributed by atoms with Crippen LogP contribution < -0.4 is 0 Å². The molecule has 0 aromatic rings. The summed E-state index contributed by atoms with van der Waals surface area (Å²) in [4.78, 5) is 15.1. The number of likely N-dealkylation sites (tertiary alicyclic amines) is 1. The molecule has 0 N–H and O–H groups in total. The van der Waals surface area contributed by atoms with E-state index in [9.17, 15) is 4.79 Å². The molecule has 1 saturated heterocycles. The molecule has 2 bridgehead atoms. The Hall–Kier alpha value is -0.610. The number of ether oxygens (including phenoxy) is 2. The van der Waals surface area contributed by atoms with Gasteiger partial charge in [0.1, 0.15) is 0 Å². The lowest BCUT2D eigenvalue weighted by Gasteiger charge is -2.69. The van der Waals surface area contributed by atoms with Gasteiger partial charge in [-0.15, -0.1) is 0 Å². The van der Waals surface area contributed by atoms with Crippen molar-refractivity contribution in [3.8, 4) is 0 Å². The summed E-state index contributed by atoms with van der Waals surface area (Å²) in [7, 11) is 0. The van der Waals surface area contributed by atoms with Crippen LogP contribution in [0.3, 0.4) is 0 Å². The van der Waals surface area contributed by atoms with Crippen LogP contribution in [0.2, 0.25) is 0 Å². The number of hydrogen-bond acceptors (Lipinski definition) is 3. The van der Waals surface area contributed by atoms with Gasteiger partial charge in [0.2, 0.25) is 5.91 Å². The van der Waals surface area contributed by atoms with Crippen LogP contribution in [0.4, 0.5) is 0 Å². The van der Waals surface area contributed by atoms with Crippen LogP contribution in [0.5, 0.6) is 0 Å². The summed E-state index contributed by atoms with van der Waals surface area (Å²) in [5.41, 5.74) is -0.100. The fraction of sp³-hybridized carbons (Fsp3) is 0.958. The Kier molecular flexibility index (Phi) is 6.51. The second kappa shape index (κ2) is 8.26. The van der Waals surface area contributed by atoms with Gasteiger partial charge in [0.15, 0.2) is 0 Å². The second-order valence-electron chi connectivity index (χ2n) is 11.5. The first kappa shape index (κ1) is 22.1. The third kappa shape index (κ3) is 5.11. The van der Waals surface area contributed by atoms with E-state index >= 15 is 0 Å². The predicted molar refractivity (Wildman–Crippen MR) is 113 cm³/mol.